The topological polar surface area (TPSA) is 21.3 Å². The lowest BCUT2D eigenvalue weighted by Crippen LogP contribution is -2.22. The summed E-state index contributed by atoms with van der Waals surface area (Å²) in [5, 5.41) is 3.59. The quantitative estimate of drug-likeness (QED) is 0.705. The van der Waals surface area contributed by atoms with Gasteiger partial charge in [-0.05, 0) is 43.0 Å². The monoisotopic (exact) mass is 263 g/mol. The molecule has 0 aliphatic heterocycles. The number of hydrogen-bond acceptors (Lipinski definition) is 2. The average molecular weight is 263 g/mol. The first kappa shape index (κ1) is 16.0. The highest BCUT2D eigenvalue weighted by Gasteiger charge is 2.14. The molecule has 1 aromatic rings. The fourth-order valence-corrected chi connectivity index (χ4v) is 2.19. The average Bonchev–Trinajstić information content (AvgIpc) is 2.44. The molecule has 2 atom stereocenters. The summed E-state index contributed by atoms with van der Waals surface area (Å²) in [5.41, 5.74) is 1.34. The van der Waals surface area contributed by atoms with E-state index in [4.69, 9.17) is 4.74 Å². The predicted molar refractivity (Wildman–Crippen MR) is 82.7 cm³/mol. The van der Waals surface area contributed by atoms with Gasteiger partial charge in [-0.25, -0.2) is 0 Å². The fourth-order valence-electron chi connectivity index (χ4n) is 2.19. The maximum absolute atomic E-state index is 5.73. The van der Waals surface area contributed by atoms with E-state index in [2.05, 4.69) is 51.2 Å². The highest BCUT2D eigenvalue weighted by atomic mass is 16.5. The van der Waals surface area contributed by atoms with Crippen molar-refractivity contribution >= 4 is 0 Å². The number of hydrogen-bond donors (Lipinski definition) is 1. The van der Waals surface area contributed by atoms with E-state index >= 15 is 0 Å². The van der Waals surface area contributed by atoms with Crippen LogP contribution in [0.3, 0.4) is 0 Å². The molecule has 0 saturated carbocycles. The Labute approximate surface area is 118 Å². The van der Waals surface area contributed by atoms with Gasteiger partial charge in [0, 0.05) is 6.04 Å². The second kappa shape index (κ2) is 8.98. The van der Waals surface area contributed by atoms with E-state index in [0.29, 0.717) is 6.04 Å². The van der Waals surface area contributed by atoms with Crippen molar-refractivity contribution in [2.24, 2.45) is 5.92 Å². The van der Waals surface area contributed by atoms with Crippen LogP contribution >= 0.6 is 0 Å². The molecule has 0 aliphatic rings. The summed E-state index contributed by atoms with van der Waals surface area (Å²) in [6, 6.07) is 8.97. The normalized spacial score (nSPS) is 14.1. The molecule has 0 aromatic heterocycles. The van der Waals surface area contributed by atoms with E-state index in [-0.39, 0.29) is 0 Å². The smallest absolute Gasteiger partial charge is 0.119 e. The minimum Gasteiger partial charge on any atom is -0.494 e. The molecule has 2 heteroatoms. The third-order valence-corrected chi connectivity index (χ3v) is 3.52. The Balaban J connectivity index is 2.76. The molecule has 2 nitrogen and oxygen atoms in total. The summed E-state index contributed by atoms with van der Waals surface area (Å²) >= 11 is 0. The Hall–Kier alpha value is -1.02. The standard InChI is InChI=1S/C17H29NO/c1-5-11-19-16-10-8-9-15(13-16)17(18-7-3)12-14(4)6-2/h8-10,13-14,17-18H,5-7,11-12H2,1-4H3. The van der Waals surface area contributed by atoms with Crippen molar-refractivity contribution in [1.82, 2.24) is 5.32 Å². The number of nitrogens with one attached hydrogen (secondary N) is 1. The van der Waals surface area contributed by atoms with Gasteiger partial charge < -0.3 is 10.1 Å². The SMILES string of the molecule is CCCOc1cccc(C(CC(C)CC)NCC)c1. The zero-order chi connectivity index (χ0) is 14.1. The highest BCUT2D eigenvalue weighted by Crippen LogP contribution is 2.25. The first-order valence-electron chi connectivity index (χ1n) is 7.67. The summed E-state index contributed by atoms with van der Waals surface area (Å²) in [6.45, 7) is 10.7. The van der Waals surface area contributed by atoms with Crippen LogP contribution in [0.2, 0.25) is 0 Å². The maximum atomic E-state index is 5.73. The van der Waals surface area contributed by atoms with Gasteiger partial charge in [0.25, 0.3) is 0 Å². The van der Waals surface area contributed by atoms with Crippen molar-refractivity contribution in [2.75, 3.05) is 13.2 Å². The largest absolute Gasteiger partial charge is 0.494 e. The van der Waals surface area contributed by atoms with Crippen LogP contribution < -0.4 is 10.1 Å². The highest BCUT2D eigenvalue weighted by molar-refractivity contribution is 5.30. The predicted octanol–water partition coefficient (Wildman–Crippen LogP) is 4.56. The Morgan fingerprint density at radius 1 is 1.21 bits per heavy atom. The molecule has 1 N–H and O–H groups in total. The minimum atomic E-state index is 0.435. The molecule has 0 spiro atoms. The van der Waals surface area contributed by atoms with Crippen LogP contribution in [-0.4, -0.2) is 13.2 Å². The Kier molecular flexibility index (Phi) is 7.57. The van der Waals surface area contributed by atoms with Crippen LogP contribution in [0.5, 0.6) is 5.75 Å². The van der Waals surface area contributed by atoms with Crippen LogP contribution in [0.1, 0.15) is 58.6 Å². The molecule has 0 heterocycles. The summed E-state index contributed by atoms with van der Waals surface area (Å²) < 4.78 is 5.73. The first-order valence-corrected chi connectivity index (χ1v) is 7.67. The maximum Gasteiger partial charge on any atom is 0.119 e. The fraction of sp³-hybridized carbons (Fsp3) is 0.647. The van der Waals surface area contributed by atoms with Gasteiger partial charge in [-0.2, -0.15) is 0 Å². The van der Waals surface area contributed by atoms with Gasteiger partial charge in [-0.1, -0.05) is 46.2 Å². The Bertz CT molecular complexity index is 351. The minimum absolute atomic E-state index is 0.435. The van der Waals surface area contributed by atoms with Crippen molar-refractivity contribution in [3.05, 3.63) is 29.8 Å². The van der Waals surface area contributed by atoms with Crippen molar-refractivity contribution < 1.29 is 4.74 Å². The summed E-state index contributed by atoms with van der Waals surface area (Å²) in [7, 11) is 0. The van der Waals surface area contributed by atoms with Crippen LogP contribution in [0.25, 0.3) is 0 Å². The zero-order valence-electron chi connectivity index (χ0n) is 12.9. The second-order valence-corrected chi connectivity index (χ2v) is 5.28. The van der Waals surface area contributed by atoms with Crippen LogP contribution in [0.15, 0.2) is 24.3 Å². The van der Waals surface area contributed by atoms with E-state index in [1.54, 1.807) is 0 Å². The van der Waals surface area contributed by atoms with Gasteiger partial charge in [0.15, 0.2) is 0 Å². The van der Waals surface area contributed by atoms with Crippen LogP contribution in [0.4, 0.5) is 0 Å². The molecule has 0 radical (unpaired) electrons. The molecular weight excluding hydrogens is 234 g/mol. The molecular formula is C17H29NO. The Morgan fingerprint density at radius 3 is 2.63 bits per heavy atom. The van der Waals surface area contributed by atoms with Gasteiger partial charge in [0.2, 0.25) is 0 Å². The van der Waals surface area contributed by atoms with Crippen molar-refractivity contribution in [3.8, 4) is 5.75 Å². The second-order valence-electron chi connectivity index (χ2n) is 5.28. The van der Waals surface area contributed by atoms with Gasteiger partial charge in [0.1, 0.15) is 5.75 Å². The van der Waals surface area contributed by atoms with E-state index in [9.17, 15) is 0 Å². The van der Waals surface area contributed by atoms with Crippen molar-refractivity contribution in [2.45, 2.75) is 53.0 Å². The van der Waals surface area contributed by atoms with E-state index in [0.717, 1.165) is 31.2 Å². The van der Waals surface area contributed by atoms with Gasteiger partial charge >= 0.3 is 0 Å². The molecule has 0 saturated heterocycles. The van der Waals surface area contributed by atoms with Gasteiger partial charge in [0.05, 0.1) is 6.61 Å². The van der Waals surface area contributed by atoms with Crippen LogP contribution in [-0.2, 0) is 0 Å². The van der Waals surface area contributed by atoms with Gasteiger partial charge in [-0.15, -0.1) is 0 Å². The molecule has 0 bridgehead atoms. The third-order valence-electron chi connectivity index (χ3n) is 3.52. The molecule has 19 heavy (non-hydrogen) atoms. The molecule has 1 aromatic carbocycles. The summed E-state index contributed by atoms with van der Waals surface area (Å²) in [6.07, 6.45) is 3.46. The molecule has 108 valence electrons. The van der Waals surface area contributed by atoms with Crippen LogP contribution in [0, 0.1) is 5.92 Å². The molecule has 1 rings (SSSR count). The summed E-state index contributed by atoms with van der Waals surface area (Å²) in [5.74, 6) is 1.73. The molecule has 2 unspecified atom stereocenters. The third kappa shape index (κ3) is 5.65. The van der Waals surface area contributed by atoms with E-state index in [1.807, 2.05) is 6.07 Å². The van der Waals surface area contributed by atoms with Gasteiger partial charge in [-0.3, -0.25) is 0 Å². The lowest BCUT2D eigenvalue weighted by Gasteiger charge is -2.22. The lowest BCUT2D eigenvalue weighted by molar-refractivity contribution is 0.316. The molecule has 0 aliphatic carbocycles. The molecule has 0 amide bonds. The van der Waals surface area contributed by atoms with E-state index in [1.165, 1.54) is 18.4 Å². The zero-order valence-corrected chi connectivity index (χ0v) is 12.9. The Morgan fingerprint density at radius 2 is 2.00 bits per heavy atom. The summed E-state index contributed by atoms with van der Waals surface area (Å²) in [4.78, 5) is 0. The van der Waals surface area contributed by atoms with Crippen molar-refractivity contribution in [1.29, 1.82) is 0 Å². The molecule has 0 fully saturated rings. The van der Waals surface area contributed by atoms with E-state index < -0.39 is 0 Å². The number of ether oxygens (including phenoxy) is 1. The lowest BCUT2D eigenvalue weighted by atomic mass is 9.94. The number of rotatable bonds is 9. The first-order chi connectivity index (χ1) is 9.21. The van der Waals surface area contributed by atoms with Crippen molar-refractivity contribution in [3.63, 3.8) is 0 Å². The number of benzene rings is 1.